The first kappa shape index (κ1) is 12.3. The lowest BCUT2D eigenvalue weighted by atomic mass is 10.2. The lowest BCUT2D eigenvalue weighted by Gasteiger charge is -2.06. The summed E-state index contributed by atoms with van der Waals surface area (Å²) in [6.45, 7) is 1.61. The summed E-state index contributed by atoms with van der Waals surface area (Å²) in [6.07, 6.45) is -4.28. The van der Waals surface area contributed by atoms with E-state index in [1.807, 2.05) is 0 Å². The third-order valence-corrected chi connectivity index (χ3v) is 1.71. The number of halogens is 3. The van der Waals surface area contributed by atoms with Crippen molar-refractivity contribution in [1.82, 2.24) is 4.98 Å². The Morgan fingerprint density at radius 3 is 2.56 bits per heavy atom. The number of rotatable bonds is 2. The third kappa shape index (κ3) is 2.62. The zero-order chi connectivity index (χ0) is 12.3. The molecule has 4 nitrogen and oxygen atoms in total. The number of carbonyl (C=O) groups is 1. The van der Waals surface area contributed by atoms with Crippen LogP contribution in [0.5, 0.6) is 0 Å². The summed E-state index contributed by atoms with van der Waals surface area (Å²) in [5.74, 6) is -0.867. The van der Waals surface area contributed by atoms with E-state index >= 15 is 0 Å². The van der Waals surface area contributed by atoms with Gasteiger partial charge in [-0.1, -0.05) is 0 Å². The number of hydrogen-bond donors (Lipinski definition) is 1. The Hall–Kier alpha value is -1.79. The Bertz CT molecular complexity index is 450. The molecule has 0 aromatic carbocycles. The van der Waals surface area contributed by atoms with Crippen molar-refractivity contribution < 1.29 is 22.7 Å². The summed E-state index contributed by atoms with van der Waals surface area (Å²) in [7, 11) is 0. The first-order valence-corrected chi connectivity index (χ1v) is 4.33. The van der Waals surface area contributed by atoms with Crippen molar-refractivity contribution in [1.29, 1.82) is 0 Å². The minimum atomic E-state index is -4.74. The second kappa shape index (κ2) is 4.38. The van der Waals surface area contributed by atoms with E-state index in [0.717, 1.165) is 0 Å². The van der Waals surface area contributed by atoms with Crippen molar-refractivity contribution >= 4 is 5.97 Å². The molecule has 0 aliphatic carbocycles. The summed E-state index contributed by atoms with van der Waals surface area (Å²) in [6, 6.07) is 0.570. The number of esters is 1. The predicted octanol–water partition coefficient (Wildman–Crippen LogP) is 1.57. The van der Waals surface area contributed by atoms with E-state index in [0.29, 0.717) is 12.3 Å². The molecule has 1 heterocycles. The van der Waals surface area contributed by atoms with Gasteiger partial charge in [-0.15, -0.1) is 0 Å². The fraction of sp³-hybridized carbons (Fsp3) is 0.333. The van der Waals surface area contributed by atoms with Crippen LogP contribution in [0.25, 0.3) is 0 Å². The number of H-pyrrole nitrogens is 1. The average Bonchev–Trinajstić information content (AvgIpc) is 2.16. The maximum Gasteiger partial charge on any atom is 0.421 e. The highest BCUT2D eigenvalue weighted by Gasteiger charge is 2.34. The second-order valence-electron chi connectivity index (χ2n) is 2.84. The van der Waals surface area contributed by atoms with Crippen molar-refractivity contribution in [3.63, 3.8) is 0 Å². The van der Waals surface area contributed by atoms with E-state index in [-0.39, 0.29) is 12.3 Å². The molecule has 1 aromatic rings. The maximum atomic E-state index is 12.2. The molecule has 0 spiro atoms. The minimum absolute atomic E-state index is 0.0713. The first-order chi connectivity index (χ1) is 7.36. The van der Waals surface area contributed by atoms with Crippen LogP contribution in [-0.4, -0.2) is 17.6 Å². The Balaban J connectivity index is 3.10. The van der Waals surface area contributed by atoms with E-state index in [9.17, 15) is 22.8 Å². The van der Waals surface area contributed by atoms with Gasteiger partial charge in [-0.05, 0) is 6.92 Å². The van der Waals surface area contributed by atoms with E-state index in [4.69, 9.17) is 0 Å². The molecule has 16 heavy (non-hydrogen) atoms. The van der Waals surface area contributed by atoms with Crippen LogP contribution in [0.15, 0.2) is 17.1 Å². The van der Waals surface area contributed by atoms with Gasteiger partial charge in [-0.3, -0.25) is 4.79 Å². The van der Waals surface area contributed by atoms with Gasteiger partial charge in [0.25, 0.3) is 0 Å². The van der Waals surface area contributed by atoms with Gasteiger partial charge in [0.05, 0.1) is 6.61 Å². The van der Waals surface area contributed by atoms with Crippen molar-refractivity contribution in [2.45, 2.75) is 13.1 Å². The smallest absolute Gasteiger partial charge is 0.421 e. The molecule has 0 radical (unpaired) electrons. The van der Waals surface area contributed by atoms with Crippen LogP contribution in [0.3, 0.4) is 0 Å². The van der Waals surface area contributed by atoms with Gasteiger partial charge in [0.15, 0.2) is 5.43 Å². The number of aromatic nitrogens is 1. The highest BCUT2D eigenvalue weighted by atomic mass is 19.4. The summed E-state index contributed by atoms with van der Waals surface area (Å²) in [5.41, 5.74) is -2.92. The van der Waals surface area contributed by atoms with E-state index < -0.39 is 23.1 Å². The van der Waals surface area contributed by atoms with E-state index in [1.54, 1.807) is 6.92 Å². The molecule has 0 fully saturated rings. The zero-order valence-corrected chi connectivity index (χ0v) is 8.22. The number of hydrogen-bond acceptors (Lipinski definition) is 3. The van der Waals surface area contributed by atoms with Crippen molar-refractivity contribution in [3.8, 4) is 0 Å². The normalized spacial score (nSPS) is 11.2. The number of alkyl halides is 3. The third-order valence-electron chi connectivity index (χ3n) is 1.71. The molecule has 0 amide bonds. The van der Waals surface area contributed by atoms with Gasteiger partial charge in [-0.25, -0.2) is 4.79 Å². The van der Waals surface area contributed by atoms with Gasteiger partial charge in [-0.2, -0.15) is 13.2 Å². The molecule has 0 aliphatic heterocycles. The molecule has 0 saturated heterocycles. The SMILES string of the molecule is CCOC(=O)c1cc(=O)c(C(F)(F)F)c[nH]1. The summed E-state index contributed by atoms with van der Waals surface area (Å²) >= 11 is 0. The lowest BCUT2D eigenvalue weighted by molar-refractivity contribution is -0.138. The average molecular weight is 235 g/mol. The highest BCUT2D eigenvalue weighted by molar-refractivity contribution is 5.87. The van der Waals surface area contributed by atoms with Crippen molar-refractivity contribution in [2.75, 3.05) is 6.61 Å². The summed E-state index contributed by atoms with van der Waals surface area (Å²) in [4.78, 5) is 24.2. The quantitative estimate of drug-likeness (QED) is 0.791. The van der Waals surface area contributed by atoms with Crippen LogP contribution < -0.4 is 5.43 Å². The molecule has 0 unspecified atom stereocenters. The molecule has 1 aromatic heterocycles. The molecule has 88 valence electrons. The molecule has 0 bridgehead atoms. The van der Waals surface area contributed by atoms with Crippen molar-refractivity contribution in [2.24, 2.45) is 0 Å². The van der Waals surface area contributed by atoms with Crippen LogP contribution >= 0.6 is 0 Å². The van der Waals surface area contributed by atoms with Crippen LogP contribution in [0, 0.1) is 0 Å². The van der Waals surface area contributed by atoms with E-state index in [2.05, 4.69) is 9.72 Å². The molecule has 7 heteroatoms. The summed E-state index contributed by atoms with van der Waals surface area (Å²) < 4.78 is 41.1. The second-order valence-corrected chi connectivity index (χ2v) is 2.84. The molecule has 1 N–H and O–H groups in total. The van der Waals surface area contributed by atoms with Crippen LogP contribution in [-0.2, 0) is 10.9 Å². The number of nitrogens with one attached hydrogen (secondary N) is 1. The fourth-order valence-corrected chi connectivity index (χ4v) is 1.02. The van der Waals surface area contributed by atoms with Crippen LogP contribution in [0.4, 0.5) is 13.2 Å². The maximum absolute atomic E-state index is 12.2. The summed E-state index contributed by atoms with van der Waals surface area (Å²) in [5, 5.41) is 0. The zero-order valence-electron chi connectivity index (χ0n) is 8.22. The molecule has 0 aliphatic rings. The largest absolute Gasteiger partial charge is 0.461 e. The first-order valence-electron chi connectivity index (χ1n) is 4.33. The Labute approximate surface area is 88.0 Å². The molecular weight excluding hydrogens is 227 g/mol. The standard InChI is InChI=1S/C9H8F3NO3/c1-2-16-8(15)6-3-7(14)5(4-13-6)9(10,11)12/h3-4H,2H2,1H3,(H,13,14). The number of aromatic amines is 1. The van der Waals surface area contributed by atoms with E-state index in [1.165, 1.54) is 0 Å². The Kier molecular flexibility index (Phi) is 3.36. The predicted molar refractivity (Wildman–Crippen MR) is 48.0 cm³/mol. The van der Waals surface area contributed by atoms with Gasteiger partial charge < -0.3 is 9.72 Å². The van der Waals surface area contributed by atoms with Gasteiger partial charge in [0.1, 0.15) is 11.3 Å². The van der Waals surface area contributed by atoms with Crippen LogP contribution in [0.1, 0.15) is 23.0 Å². The minimum Gasteiger partial charge on any atom is -0.461 e. The van der Waals surface area contributed by atoms with Gasteiger partial charge in [0, 0.05) is 12.3 Å². The molecule has 1 rings (SSSR count). The lowest BCUT2D eigenvalue weighted by Crippen LogP contribution is -2.21. The number of pyridine rings is 1. The van der Waals surface area contributed by atoms with Crippen LogP contribution in [0.2, 0.25) is 0 Å². The topological polar surface area (TPSA) is 59.2 Å². The van der Waals surface area contributed by atoms with Crippen molar-refractivity contribution in [3.05, 3.63) is 33.7 Å². The van der Waals surface area contributed by atoms with Gasteiger partial charge in [0.2, 0.25) is 0 Å². The molecular formula is C9H8F3NO3. The molecule has 0 atom stereocenters. The number of carbonyl (C=O) groups excluding carboxylic acids is 1. The monoisotopic (exact) mass is 235 g/mol. The molecule has 0 saturated carbocycles. The fourth-order valence-electron chi connectivity index (χ4n) is 1.02. The Morgan fingerprint density at radius 2 is 2.12 bits per heavy atom. The highest BCUT2D eigenvalue weighted by Crippen LogP contribution is 2.25. The van der Waals surface area contributed by atoms with Gasteiger partial charge >= 0.3 is 12.1 Å². The number of ether oxygens (including phenoxy) is 1. The Morgan fingerprint density at radius 1 is 1.50 bits per heavy atom.